The number of para-hydroxylation sites is 1. The van der Waals surface area contributed by atoms with E-state index >= 15 is 0 Å². The zero-order valence-corrected chi connectivity index (χ0v) is 25.7. The topological polar surface area (TPSA) is 116 Å². The highest BCUT2D eigenvalue weighted by Gasteiger charge is 2.38. The third kappa shape index (κ3) is 7.40. The number of nitrogens with zero attached hydrogens (tertiary/aromatic N) is 3. The lowest BCUT2D eigenvalue weighted by Crippen LogP contribution is -2.32. The highest BCUT2D eigenvalue weighted by atomic mass is 32.2. The van der Waals surface area contributed by atoms with Crippen molar-refractivity contribution < 1.29 is 36.2 Å². The summed E-state index contributed by atoms with van der Waals surface area (Å²) in [4.78, 5) is 20.8. The van der Waals surface area contributed by atoms with Gasteiger partial charge < -0.3 is 14.8 Å². The molecule has 2 fully saturated rings. The van der Waals surface area contributed by atoms with Crippen molar-refractivity contribution in [3.63, 3.8) is 0 Å². The van der Waals surface area contributed by atoms with E-state index in [9.17, 15) is 21.6 Å². The van der Waals surface area contributed by atoms with Gasteiger partial charge in [-0.05, 0) is 61.7 Å². The van der Waals surface area contributed by atoms with Gasteiger partial charge in [0.05, 0.1) is 23.5 Å². The Kier molecular flexibility index (Phi) is 9.46. The number of carboxylic acids is 1. The van der Waals surface area contributed by atoms with E-state index < -0.39 is 22.2 Å². The summed E-state index contributed by atoms with van der Waals surface area (Å²) in [5.74, 6) is -2.34. The number of methoxy groups -OCH3 is 1. The first-order valence-corrected chi connectivity index (χ1v) is 16.8. The molecule has 3 aromatic heterocycles. The number of anilines is 1. The molecule has 0 amide bonds. The third-order valence-corrected chi connectivity index (χ3v) is 11.5. The molecule has 15 heteroatoms. The minimum Gasteiger partial charge on any atom is -0.475 e. The number of aliphatic carboxylic acids is 1. The molecule has 43 heavy (non-hydrogen) atoms. The lowest BCUT2D eigenvalue weighted by Gasteiger charge is -2.24. The number of hydrogen-bond acceptors (Lipinski definition) is 8. The second-order valence-electron chi connectivity index (χ2n) is 10.5. The van der Waals surface area contributed by atoms with E-state index in [0.29, 0.717) is 28.4 Å². The summed E-state index contributed by atoms with van der Waals surface area (Å²) in [6.07, 6.45) is 1.42. The Balaban J connectivity index is 0.000000472. The van der Waals surface area contributed by atoms with Gasteiger partial charge in [-0.15, -0.1) is 22.7 Å². The van der Waals surface area contributed by atoms with Crippen molar-refractivity contribution in [3.8, 4) is 10.7 Å². The Morgan fingerprint density at radius 2 is 2.00 bits per heavy atom. The van der Waals surface area contributed by atoms with Crippen LogP contribution in [-0.4, -0.2) is 73.4 Å². The Labute approximate surface area is 255 Å². The number of nitrogens with one attached hydrogen (secondary N) is 1. The smallest absolute Gasteiger partial charge is 0.475 e. The predicted molar refractivity (Wildman–Crippen MR) is 160 cm³/mol. The average molecular weight is 657 g/mol. The molecule has 4 aromatic rings. The highest BCUT2D eigenvalue weighted by molar-refractivity contribution is 7.94. The maximum Gasteiger partial charge on any atom is 0.490 e. The fourth-order valence-electron chi connectivity index (χ4n) is 5.03. The number of benzene rings is 1. The molecule has 0 spiro atoms. The van der Waals surface area contributed by atoms with E-state index in [0.717, 1.165) is 54.1 Å². The van der Waals surface area contributed by atoms with Gasteiger partial charge in [0, 0.05) is 42.7 Å². The molecule has 0 unspecified atom stereocenters. The van der Waals surface area contributed by atoms with Crippen LogP contribution < -0.4 is 4.31 Å². The minimum absolute atomic E-state index is 0.380. The molecule has 0 radical (unpaired) electrons. The van der Waals surface area contributed by atoms with Crippen LogP contribution in [0.5, 0.6) is 0 Å². The van der Waals surface area contributed by atoms with Gasteiger partial charge in [-0.1, -0.05) is 18.2 Å². The fraction of sp³-hybridized carbons (Fsp3) is 0.429. The molecule has 1 saturated carbocycles. The average Bonchev–Trinajstić information content (AvgIpc) is 3.44. The lowest BCUT2D eigenvalue weighted by atomic mass is 10.2. The number of carbonyl (C=O) groups is 1. The van der Waals surface area contributed by atoms with Gasteiger partial charge in [0.2, 0.25) is 0 Å². The van der Waals surface area contributed by atoms with Crippen molar-refractivity contribution in [3.05, 3.63) is 52.9 Å². The molecule has 1 aliphatic carbocycles. The Morgan fingerprint density at radius 3 is 2.65 bits per heavy atom. The number of fused-ring (bicyclic) bond motifs is 1. The van der Waals surface area contributed by atoms with Gasteiger partial charge in [0.15, 0.2) is 0 Å². The second-order valence-corrected chi connectivity index (χ2v) is 14.6. The van der Waals surface area contributed by atoms with E-state index in [1.54, 1.807) is 34.9 Å². The van der Waals surface area contributed by atoms with E-state index in [1.165, 1.54) is 29.1 Å². The molecule has 1 aromatic carbocycles. The molecular formula is C28H31F3N4O5S3. The molecule has 0 bridgehead atoms. The number of carboxylic acid groups (broad SMARTS) is 1. The molecule has 6 rings (SSSR count). The summed E-state index contributed by atoms with van der Waals surface area (Å²) in [6, 6.07) is 11.9. The fourth-order valence-corrected chi connectivity index (χ4v) is 8.60. The van der Waals surface area contributed by atoms with Crippen LogP contribution in [0.3, 0.4) is 0 Å². The number of likely N-dealkylation sites (tertiary alicyclic amines) is 1. The summed E-state index contributed by atoms with van der Waals surface area (Å²) in [7, 11) is -1.86. The summed E-state index contributed by atoms with van der Waals surface area (Å²) in [5, 5.41) is 10.8. The van der Waals surface area contributed by atoms with E-state index in [4.69, 9.17) is 19.6 Å². The largest absolute Gasteiger partial charge is 0.490 e. The van der Waals surface area contributed by atoms with Gasteiger partial charge in [-0.2, -0.15) is 13.2 Å². The second kappa shape index (κ2) is 12.9. The molecule has 1 saturated heterocycles. The van der Waals surface area contributed by atoms with E-state index in [2.05, 4.69) is 16.0 Å². The summed E-state index contributed by atoms with van der Waals surface area (Å²) >= 11 is 2.96. The first kappa shape index (κ1) is 31.4. The number of alkyl halides is 3. The van der Waals surface area contributed by atoms with Crippen molar-refractivity contribution in [2.45, 2.75) is 48.7 Å². The van der Waals surface area contributed by atoms with Crippen LogP contribution in [0, 0.1) is 5.92 Å². The molecule has 232 valence electrons. The Bertz CT molecular complexity index is 1650. The number of thiophene rings is 1. The number of aromatic nitrogens is 2. The van der Waals surface area contributed by atoms with Crippen molar-refractivity contribution in [1.82, 2.24) is 14.9 Å². The van der Waals surface area contributed by atoms with E-state index in [-0.39, 0.29) is 0 Å². The van der Waals surface area contributed by atoms with Crippen LogP contribution in [-0.2, 0) is 26.1 Å². The van der Waals surface area contributed by atoms with Crippen LogP contribution in [0.15, 0.2) is 52.2 Å². The molecule has 1 atom stereocenters. The quantitative estimate of drug-likeness (QED) is 0.209. The number of thiazole rings is 1. The summed E-state index contributed by atoms with van der Waals surface area (Å²) in [5.41, 5.74) is 2.46. The number of sulfonamides is 1. The van der Waals surface area contributed by atoms with Crippen molar-refractivity contribution in [2.24, 2.45) is 5.92 Å². The Hall–Kier alpha value is -2.98. The SMILES string of the molecule is COC[C@@H]1CCCN1Cc1cnc(-c2cc3cccc(N(CC4CC4)S(=O)(=O)c4cccs4)c3[nH]2)s1.O=C(O)C(F)(F)F. The van der Waals surface area contributed by atoms with Gasteiger partial charge in [-0.25, -0.2) is 18.2 Å². The van der Waals surface area contributed by atoms with Gasteiger partial charge in [-0.3, -0.25) is 9.21 Å². The molecule has 2 N–H and O–H groups in total. The maximum absolute atomic E-state index is 13.6. The van der Waals surface area contributed by atoms with Crippen LogP contribution >= 0.6 is 22.7 Å². The van der Waals surface area contributed by atoms with Crippen LogP contribution in [0.4, 0.5) is 18.9 Å². The summed E-state index contributed by atoms with van der Waals surface area (Å²) in [6.45, 7) is 3.24. The van der Waals surface area contributed by atoms with Crippen LogP contribution in [0.25, 0.3) is 21.6 Å². The van der Waals surface area contributed by atoms with Crippen molar-refractivity contribution >= 4 is 55.3 Å². The number of rotatable bonds is 10. The molecular weight excluding hydrogens is 626 g/mol. The van der Waals surface area contributed by atoms with Crippen LogP contribution in [0.2, 0.25) is 0 Å². The predicted octanol–water partition coefficient (Wildman–Crippen LogP) is 6.20. The maximum atomic E-state index is 13.6. The number of halogens is 3. The van der Waals surface area contributed by atoms with Crippen molar-refractivity contribution in [1.29, 1.82) is 0 Å². The van der Waals surface area contributed by atoms with Crippen molar-refractivity contribution in [2.75, 3.05) is 31.1 Å². The lowest BCUT2D eigenvalue weighted by molar-refractivity contribution is -0.192. The van der Waals surface area contributed by atoms with Gasteiger partial charge in [0.1, 0.15) is 9.22 Å². The number of aromatic amines is 1. The van der Waals surface area contributed by atoms with E-state index in [1.807, 2.05) is 29.8 Å². The number of ether oxygens (including phenoxy) is 1. The standard InChI is InChI=1S/C26H30N4O3S3.C2HF3O2/c1-33-17-20-6-3-11-29(20)16-21-14-27-26(35-21)22-13-19-5-2-7-23(25(19)28-22)30(15-18-9-10-18)36(31,32)24-8-4-12-34-24;3-2(4,5)1(6)7/h2,4-5,7-8,12-14,18,20,28H,3,6,9-11,15-17H2,1H3;(H,6,7)/t20-;/m0./s1. The first-order chi connectivity index (χ1) is 20.5. The molecule has 9 nitrogen and oxygen atoms in total. The van der Waals surface area contributed by atoms with Gasteiger partial charge >= 0.3 is 12.1 Å². The molecule has 4 heterocycles. The zero-order valence-electron chi connectivity index (χ0n) is 23.2. The van der Waals surface area contributed by atoms with Crippen LogP contribution in [0.1, 0.15) is 30.6 Å². The van der Waals surface area contributed by atoms with Gasteiger partial charge in [0.25, 0.3) is 10.0 Å². The Morgan fingerprint density at radius 1 is 1.23 bits per heavy atom. The number of hydrogen-bond donors (Lipinski definition) is 2. The zero-order chi connectivity index (χ0) is 30.8. The normalized spacial score (nSPS) is 17.6. The monoisotopic (exact) mass is 656 g/mol. The molecule has 2 aliphatic rings. The third-order valence-electron chi connectivity index (χ3n) is 7.31. The number of H-pyrrole nitrogens is 1. The summed E-state index contributed by atoms with van der Waals surface area (Å²) < 4.78 is 66.4. The minimum atomic E-state index is -5.08. The first-order valence-electron chi connectivity index (χ1n) is 13.6. The molecule has 1 aliphatic heterocycles. The highest BCUT2D eigenvalue weighted by Crippen LogP contribution is 2.39.